The zero-order valence-corrected chi connectivity index (χ0v) is 14.9. The van der Waals surface area contributed by atoms with Gasteiger partial charge in [-0.25, -0.2) is 4.79 Å². The summed E-state index contributed by atoms with van der Waals surface area (Å²) in [4.78, 5) is 23.8. The monoisotopic (exact) mass is 361 g/mol. The van der Waals surface area contributed by atoms with Crippen LogP contribution in [0.3, 0.4) is 0 Å². The molecule has 0 spiro atoms. The Morgan fingerprint density at radius 2 is 1.96 bits per heavy atom. The first kappa shape index (κ1) is 18.8. The van der Waals surface area contributed by atoms with Crippen molar-refractivity contribution >= 4 is 23.5 Å². The maximum atomic E-state index is 12.0. The lowest BCUT2D eigenvalue weighted by molar-refractivity contribution is -0.124. The summed E-state index contributed by atoms with van der Waals surface area (Å²) in [6.45, 7) is 1.99. The molecule has 0 aliphatic carbocycles. The number of carbonyl (C=O) groups is 2. The Hall–Kier alpha value is -2.53. The summed E-state index contributed by atoms with van der Waals surface area (Å²) >= 11 is 5.91. The van der Waals surface area contributed by atoms with Crippen molar-refractivity contribution in [2.24, 2.45) is 0 Å². The minimum Gasteiger partial charge on any atom is -0.496 e. The average molecular weight is 362 g/mol. The van der Waals surface area contributed by atoms with Crippen LogP contribution < -0.4 is 10.1 Å². The molecule has 0 aromatic heterocycles. The average Bonchev–Trinajstić information content (AvgIpc) is 2.60. The predicted octanol–water partition coefficient (Wildman–Crippen LogP) is 3.17. The summed E-state index contributed by atoms with van der Waals surface area (Å²) in [5, 5.41) is 3.36. The third kappa shape index (κ3) is 5.80. The Bertz CT molecular complexity index is 761. The molecule has 25 heavy (non-hydrogen) atoms. The van der Waals surface area contributed by atoms with E-state index in [1.807, 2.05) is 25.1 Å². The number of carbonyl (C=O) groups excluding carboxylic acids is 2. The standard InChI is InChI=1S/C19H20ClNO4/c1-13-6-7-15(11-17(13)24-2)19(23)25-12-18(22)21-9-8-14-4-3-5-16(20)10-14/h3-7,10-11H,8-9,12H2,1-2H3,(H,21,22). The zero-order valence-electron chi connectivity index (χ0n) is 14.2. The second-order valence-electron chi connectivity index (χ2n) is 5.49. The van der Waals surface area contributed by atoms with Gasteiger partial charge in [0.25, 0.3) is 5.91 Å². The van der Waals surface area contributed by atoms with Crippen LogP contribution in [0.1, 0.15) is 21.5 Å². The highest BCUT2D eigenvalue weighted by Crippen LogP contribution is 2.19. The summed E-state index contributed by atoms with van der Waals surface area (Å²) in [5.74, 6) is -0.321. The van der Waals surface area contributed by atoms with Gasteiger partial charge in [-0.1, -0.05) is 29.8 Å². The van der Waals surface area contributed by atoms with Crippen molar-refractivity contribution in [3.05, 3.63) is 64.2 Å². The van der Waals surface area contributed by atoms with Gasteiger partial charge >= 0.3 is 5.97 Å². The van der Waals surface area contributed by atoms with E-state index in [0.717, 1.165) is 11.1 Å². The molecular weight excluding hydrogens is 342 g/mol. The van der Waals surface area contributed by atoms with Gasteiger partial charge in [-0.3, -0.25) is 4.79 Å². The van der Waals surface area contributed by atoms with E-state index in [9.17, 15) is 9.59 Å². The summed E-state index contributed by atoms with van der Waals surface area (Å²) in [6, 6.07) is 12.4. The van der Waals surface area contributed by atoms with Crippen molar-refractivity contribution in [3.63, 3.8) is 0 Å². The number of methoxy groups -OCH3 is 1. The van der Waals surface area contributed by atoms with E-state index in [4.69, 9.17) is 21.1 Å². The highest BCUT2D eigenvalue weighted by molar-refractivity contribution is 6.30. The fourth-order valence-electron chi connectivity index (χ4n) is 2.25. The first-order chi connectivity index (χ1) is 12.0. The number of amides is 1. The molecule has 6 heteroatoms. The second kappa shape index (κ2) is 9.08. The van der Waals surface area contributed by atoms with Gasteiger partial charge in [0.1, 0.15) is 5.75 Å². The molecule has 0 heterocycles. The van der Waals surface area contributed by atoms with E-state index >= 15 is 0 Å². The Morgan fingerprint density at radius 1 is 1.16 bits per heavy atom. The lowest BCUT2D eigenvalue weighted by atomic mass is 10.1. The molecule has 0 fully saturated rings. The molecule has 1 amide bonds. The van der Waals surface area contributed by atoms with Gasteiger partial charge < -0.3 is 14.8 Å². The van der Waals surface area contributed by atoms with Crippen LogP contribution in [0.2, 0.25) is 5.02 Å². The van der Waals surface area contributed by atoms with Crippen LogP contribution in [0.4, 0.5) is 0 Å². The lowest BCUT2D eigenvalue weighted by Gasteiger charge is -2.09. The van der Waals surface area contributed by atoms with Crippen molar-refractivity contribution in [2.75, 3.05) is 20.3 Å². The van der Waals surface area contributed by atoms with E-state index in [0.29, 0.717) is 29.3 Å². The largest absolute Gasteiger partial charge is 0.496 e. The molecule has 0 aliphatic heterocycles. The smallest absolute Gasteiger partial charge is 0.338 e. The molecule has 2 aromatic rings. The molecule has 2 rings (SSSR count). The van der Waals surface area contributed by atoms with E-state index in [-0.39, 0.29) is 12.5 Å². The molecule has 0 atom stereocenters. The van der Waals surface area contributed by atoms with Crippen molar-refractivity contribution in [2.45, 2.75) is 13.3 Å². The number of halogens is 1. The van der Waals surface area contributed by atoms with Crippen LogP contribution in [0, 0.1) is 6.92 Å². The minimum atomic E-state index is -0.566. The maximum Gasteiger partial charge on any atom is 0.338 e. The molecule has 0 aliphatic rings. The van der Waals surface area contributed by atoms with Crippen LogP contribution >= 0.6 is 11.6 Å². The Labute approximate surface area is 151 Å². The Balaban J connectivity index is 1.76. The number of benzene rings is 2. The fourth-order valence-corrected chi connectivity index (χ4v) is 2.46. The van der Waals surface area contributed by atoms with Gasteiger partial charge in [0.15, 0.2) is 6.61 Å². The summed E-state index contributed by atoms with van der Waals surface area (Å²) in [6.07, 6.45) is 0.648. The van der Waals surface area contributed by atoms with Gasteiger partial charge in [-0.2, -0.15) is 0 Å². The molecule has 5 nitrogen and oxygen atoms in total. The van der Waals surface area contributed by atoms with Gasteiger partial charge in [-0.05, 0) is 48.7 Å². The molecule has 2 aromatic carbocycles. The lowest BCUT2D eigenvalue weighted by Crippen LogP contribution is -2.30. The van der Waals surface area contributed by atoms with Crippen molar-refractivity contribution in [3.8, 4) is 5.75 Å². The van der Waals surface area contributed by atoms with E-state index in [1.165, 1.54) is 7.11 Å². The Kier molecular flexibility index (Phi) is 6.83. The maximum absolute atomic E-state index is 12.0. The summed E-state index contributed by atoms with van der Waals surface area (Å²) in [7, 11) is 1.53. The summed E-state index contributed by atoms with van der Waals surface area (Å²) in [5.41, 5.74) is 2.28. The number of rotatable bonds is 7. The summed E-state index contributed by atoms with van der Waals surface area (Å²) < 4.78 is 10.2. The number of esters is 1. The van der Waals surface area contributed by atoms with Crippen LogP contribution in [0.15, 0.2) is 42.5 Å². The predicted molar refractivity (Wildman–Crippen MR) is 96.2 cm³/mol. The molecule has 0 radical (unpaired) electrons. The minimum absolute atomic E-state index is 0.329. The topological polar surface area (TPSA) is 64.6 Å². The van der Waals surface area contributed by atoms with E-state index in [2.05, 4.69) is 5.32 Å². The number of aryl methyl sites for hydroxylation is 1. The number of nitrogens with one attached hydrogen (secondary N) is 1. The third-order valence-corrected chi connectivity index (χ3v) is 3.84. The molecule has 0 saturated heterocycles. The first-order valence-electron chi connectivity index (χ1n) is 7.82. The van der Waals surface area contributed by atoms with Crippen LogP contribution in [-0.4, -0.2) is 32.1 Å². The van der Waals surface area contributed by atoms with Crippen LogP contribution in [0.5, 0.6) is 5.75 Å². The molecule has 0 unspecified atom stereocenters. The normalized spacial score (nSPS) is 10.2. The molecule has 0 saturated carbocycles. The fraction of sp³-hybridized carbons (Fsp3) is 0.263. The quantitative estimate of drug-likeness (QED) is 0.769. The van der Waals surface area contributed by atoms with Gasteiger partial charge in [0, 0.05) is 11.6 Å². The number of hydrogen-bond acceptors (Lipinski definition) is 4. The first-order valence-corrected chi connectivity index (χ1v) is 8.20. The van der Waals surface area contributed by atoms with Crippen molar-refractivity contribution in [1.82, 2.24) is 5.32 Å². The molecule has 132 valence electrons. The molecular formula is C19H20ClNO4. The van der Waals surface area contributed by atoms with E-state index in [1.54, 1.807) is 24.3 Å². The number of hydrogen-bond donors (Lipinski definition) is 1. The highest BCUT2D eigenvalue weighted by Gasteiger charge is 2.12. The van der Waals surface area contributed by atoms with Gasteiger partial charge in [0.05, 0.1) is 12.7 Å². The van der Waals surface area contributed by atoms with Gasteiger partial charge in [0.2, 0.25) is 0 Å². The van der Waals surface area contributed by atoms with Crippen molar-refractivity contribution < 1.29 is 19.1 Å². The van der Waals surface area contributed by atoms with E-state index < -0.39 is 5.97 Å². The zero-order chi connectivity index (χ0) is 18.2. The molecule has 0 bridgehead atoms. The highest BCUT2D eigenvalue weighted by atomic mass is 35.5. The van der Waals surface area contributed by atoms with Crippen LogP contribution in [-0.2, 0) is 16.0 Å². The SMILES string of the molecule is COc1cc(C(=O)OCC(=O)NCCc2cccc(Cl)c2)ccc1C. The molecule has 1 N–H and O–H groups in total. The third-order valence-electron chi connectivity index (χ3n) is 3.60. The number of ether oxygens (including phenoxy) is 2. The van der Waals surface area contributed by atoms with Gasteiger partial charge in [-0.15, -0.1) is 0 Å². The second-order valence-corrected chi connectivity index (χ2v) is 5.93. The van der Waals surface area contributed by atoms with Crippen LogP contribution in [0.25, 0.3) is 0 Å². The van der Waals surface area contributed by atoms with Crippen molar-refractivity contribution in [1.29, 1.82) is 0 Å². The Morgan fingerprint density at radius 3 is 2.68 bits per heavy atom.